The minimum Gasteiger partial charge on any atom is -0.394 e. The molecule has 0 aromatic rings. The molecule has 6 N–H and O–H groups in total. The van der Waals surface area contributed by atoms with Crippen molar-refractivity contribution in [2.75, 3.05) is 50.2 Å². The monoisotopic (exact) mass is 542 g/mol. The molecule has 0 aliphatic carbocycles. The van der Waals surface area contributed by atoms with Gasteiger partial charge in [0.15, 0.2) is 0 Å². The molecular weight excluding hydrogens is 489 g/mol. The first kappa shape index (κ1) is 40.6. The van der Waals surface area contributed by atoms with Crippen LogP contribution in [0.3, 0.4) is 0 Å². The van der Waals surface area contributed by atoms with E-state index in [4.69, 9.17) is 30.0 Å². The quantitative estimate of drug-likeness (QED) is 0.172. The van der Waals surface area contributed by atoms with E-state index in [1.165, 1.54) is 0 Å². The lowest BCUT2D eigenvalue weighted by Gasteiger charge is -2.06. The lowest BCUT2D eigenvalue weighted by molar-refractivity contribution is 0.0450. The van der Waals surface area contributed by atoms with E-state index >= 15 is 0 Å². The molecule has 0 aromatic heterocycles. The second-order valence-corrected chi connectivity index (χ2v) is 15.7. The minimum atomic E-state index is -2.69. The van der Waals surface area contributed by atoms with Crippen molar-refractivity contribution in [1.82, 2.24) is 0 Å². The third-order valence-corrected chi connectivity index (χ3v) is 10.7. The van der Waals surface area contributed by atoms with Gasteiger partial charge >= 0.3 is 0 Å². The summed E-state index contributed by atoms with van der Waals surface area (Å²) < 4.78 is 32.9. The highest BCUT2D eigenvalue weighted by atomic mass is 31.2. The van der Waals surface area contributed by atoms with Crippen LogP contribution in [0.15, 0.2) is 0 Å². The van der Waals surface area contributed by atoms with E-state index in [0.29, 0.717) is 37.0 Å². The number of rotatable bonds is 14. The zero-order chi connectivity index (χ0) is 27.0. The van der Waals surface area contributed by atoms with Gasteiger partial charge in [0.25, 0.3) is 0 Å². The van der Waals surface area contributed by atoms with Gasteiger partial charge in [-0.3, -0.25) is 13.7 Å². The van der Waals surface area contributed by atoms with Gasteiger partial charge in [0.05, 0.1) is 13.2 Å². The Morgan fingerprint density at radius 2 is 0.636 bits per heavy atom. The maximum absolute atomic E-state index is 11.0. The summed E-state index contributed by atoms with van der Waals surface area (Å²) >= 11 is 0. The van der Waals surface area contributed by atoms with Crippen LogP contribution in [0.5, 0.6) is 0 Å². The van der Waals surface area contributed by atoms with Crippen LogP contribution in [0.4, 0.5) is 0 Å². The van der Waals surface area contributed by atoms with E-state index in [9.17, 15) is 13.7 Å². The summed E-state index contributed by atoms with van der Waals surface area (Å²) in [6.45, 7) is 10.8. The minimum absolute atomic E-state index is 0.365. The van der Waals surface area contributed by atoms with Crippen molar-refractivity contribution in [3.8, 4) is 0 Å². The maximum atomic E-state index is 11.0. The van der Waals surface area contributed by atoms with Gasteiger partial charge in [0, 0.05) is 37.0 Å². The lowest BCUT2D eigenvalue weighted by atomic mass is 10.4. The van der Waals surface area contributed by atoms with Crippen molar-refractivity contribution in [1.29, 1.82) is 0 Å². The standard InChI is InChI=1S/3C6H15O2P.C3H8O3/c3*1-3-5-9(7,8)6-4-2;4-1-3(6)2-5/h3*3-6H2,1-2H3,(H,7,8);3-6H,1-2H2. The Morgan fingerprint density at radius 1 is 0.485 bits per heavy atom. The van der Waals surface area contributed by atoms with E-state index in [0.717, 1.165) is 38.5 Å². The third kappa shape index (κ3) is 37.2. The molecule has 0 aliphatic rings. The third-order valence-electron chi connectivity index (χ3n) is 3.86. The van der Waals surface area contributed by atoms with Crippen LogP contribution in [0.1, 0.15) is 80.1 Å². The summed E-state index contributed by atoms with van der Waals surface area (Å²) in [5.74, 6) is 0. The van der Waals surface area contributed by atoms with Crippen molar-refractivity contribution in [3.05, 3.63) is 0 Å². The van der Waals surface area contributed by atoms with Gasteiger partial charge in [-0.05, 0) is 38.5 Å². The van der Waals surface area contributed by atoms with Gasteiger partial charge in [-0.25, -0.2) is 0 Å². The van der Waals surface area contributed by atoms with E-state index in [-0.39, 0.29) is 13.2 Å². The molecule has 206 valence electrons. The molecule has 0 atom stereocenters. The summed E-state index contributed by atoms with van der Waals surface area (Å²) in [4.78, 5) is 27.2. The van der Waals surface area contributed by atoms with Crippen LogP contribution in [-0.4, -0.2) is 86.3 Å². The normalized spacial score (nSPS) is 11.5. The van der Waals surface area contributed by atoms with Crippen molar-refractivity contribution in [2.45, 2.75) is 86.2 Å². The van der Waals surface area contributed by atoms with E-state index in [1.807, 2.05) is 41.5 Å². The van der Waals surface area contributed by atoms with Crippen LogP contribution >= 0.6 is 22.1 Å². The van der Waals surface area contributed by atoms with E-state index in [2.05, 4.69) is 0 Å². The molecule has 0 bridgehead atoms. The van der Waals surface area contributed by atoms with Crippen LogP contribution in [0, 0.1) is 0 Å². The second-order valence-electron chi connectivity index (χ2n) is 7.90. The molecule has 0 aliphatic heterocycles. The largest absolute Gasteiger partial charge is 0.394 e. The SMILES string of the molecule is CCCP(=O)(O)CCC.CCCP(=O)(O)CCC.CCCP(=O)(O)CCC.OCC(O)CO. The summed E-state index contributed by atoms with van der Waals surface area (Å²) in [6.07, 6.45) is 6.85. The van der Waals surface area contributed by atoms with Gasteiger partial charge in [-0.1, -0.05) is 41.5 Å². The zero-order valence-corrected chi connectivity index (χ0v) is 24.4. The average molecular weight is 543 g/mol. The molecule has 0 aromatic carbocycles. The number of aliphatic hydroxyl groups is 3. The Labute approximate surface area is 202 Å². The van der Waals surface area contributed by atoms with Gasteiger partial charge in [0.1, 0.15) is 6.10 Å². The molecule has 0 heterocycles. The Morgan fingerprint density at radius 3 is 0.697 bits per heavy atom. The molecule has 33 heavy (non-hydrogen) atoms. The lowest BCUT2D eigenvalue weighted by Crippen LogP contribution is -2.15. The predicted molar refractivity (Wildman–Crippen MR) is 141 cm³/mol. The molecule has 0 spiro atoms. The Hall–Kier alpha value is 0.450. The maximum Gasteiger partial charge on any atom is 0.200 e. The van der Waals surface area contributed by atoms with Crippen molar-refractivity contribution in [3.63, 3.8) is 0 Å². The molecule has 0 unspecified atom stereocenters. The van der Waals surface area contributed by atoms with Crippen molar-refractivity contribution in [2.24, 2.45) is 0 Å². The highest BCUT2D eigenvalue weighted by molar-refractivity contribution is 7.58. The molecule has 0 amide bonds. The average Bonchev–Trinajstić information content (AvgIpc) is 2.68. The van der Waals surface area contributed by atoms with E-state index < -0.39 is 28.2 Å². The topological polar surface area (TPSA) is 173 Å². The fourth-order valence-electron chi connectivity index (χ4n) is 2.49. The highest BCUT2D eigenvalue weighted by Crippen LogP contribution is 2.42. The molecule has 0 fully saturated rings. The number of hydrogen-bond donors (Lipinski definition) is 6. The summed E-state index contributed by atoms with van der Waals surface area (Å²) in [7, 11) is -8.08. The fraction of sp³-hybridized carbons (Fsp3) is 1.00. The van der Waals surface area contributed by atoms with Gasteiger partial charge < -0.3 is 30.0 Å². The fourth-order valence-corrected chi connectivity index (χ4v) is 7.35. The summed E-state index contributed by atoms with van der Waals surface area (Å²) in [5, 5.41) is 24.0. The molecule has 0 saturated heterocycles. The summed E-state index contributed by atoms with van der Waals surface area (Å²) in [6, 6.07) is 0. The Bertz CT molecular complexity index is 445. The van der Waals surface area contributed by atoms with Gasteiger partial charge in [0.2, 0.25) is 22.1 Å². The summed E-state index contributed by atoms with van der Waals surface area (Å²) in [5.41, 5.74) is 0. The predicted octanol–water partition coefficient (Wildman–Crippen LogP) is 4.56. The second kappa shape index (κ2) is 25.5. The van der Waals surface area contributed by atoms with Crippen molar-refractivity contribution >= 4 is 22.1 Å². The van der Waals surface area contributed by atoms with E-state index in [1.54, 1.807) is 0 Å². The molecule has 0 saturated carbocycles. The molecule has 12 heteroatoms. The van der Waals surface area contributed by atoms with Crippen LogP contribution < -0.4 is 0 Å². The first-order valence-electron chi connectivity index (χ1n) is 12.0. The number of hydrogen-bond acceptors (Lipinski definition) is 6. The van der Waals surface area contributed by atoms with Crippen LogP contribution in [0.2, 0.25) is 0 Å². The molecular formula is C21H53O9P3. The van der Waals surface area contributed by atoms with Crippen LogP contribution in [-0.2, 0) is 13.7 Å². The Balaban J connectivity index is -0.000000172. The highest BCUT2D eigenvalue weighted by Gasteiger charge is 2.14. The smallest absolute Gasteiger partial charge is 0.200 e. The molecule has 0 radical (unpaired) electrons. The van der Waals surface area contributed by atoms with Gasteiger partial charge in [-0.2, -0.15) is 0 Å². The Kier molecular flexibility index (Phi) is 31.4. The van der Waals surface area contributed by atoms with Crippen LogP contribution in [0.25, 0.3) is 0 Å². The first-order chi connectivity index (χ1) is 15.2. The molecule has 9 nitrogen and oxygen atoms in total. The first-order valence-corrected chi connectivity index (χ1v) is 18.1. The van der Waals surface area contributed by atoms with Crippen molar-refractivity contribution < 1.29 is 43.7 Å². The van der Waals surface area contributed by atoms with Gasteiger partial charge in [-0.15, -0.1) is 0 Å². The molecule has 0 rings (SSSR count). The zero-order valence-electron chi connectivity index (χ0n) is 21.7. The number of aliphatic hydroxyl groups excluding tert-OH is 3.